The lowest BCUT2D eigenvalue weighted by Gasteiger charge is -2.06. The Kier molecular flexibility index (Phi) is 3.43. The quantitative estimate of drug-likeness (QED) is 0.821. The van der Waals surface area contributed by atoms with Crippen LogP contribution in [0.5, 0.6) is 0 Å². The molecular weight excluding hydrogens is 235 g/mol. The summed E-state index contributed by atoms with van der Waals surface area (Å²) in [6.45, 7) is 0. The van der Waals surface area contributed by atoms with Crippen molar-refractivity contribution in [1.29, 1.82) is 0 Å². The van der Waals surface area contributed by atoms with E-state index in [0.717, 1.165) is 11.1 Å². The van der Waals surface area contributed by atoms with Crippen molar-refractivity contribution in [3.63, 3.8) is 0 Å². The van der Waals surface area contributed by atoms with Gasteiger partial charge in [-0.15, -0.1) is 0 Å². The molecule has 0 aliphatic carbocycles. The Labute approximate surface area is 99.9 Å². The Balaban J connectivity index is 2.32. The van der Waals surface area contributed by atoms with E-state index in [1.807, 2.05) is 48.5 Å². The normalized spacial score (nSPS) is 11.4. The van der Waals surface area contributed by atoms with E-state index in [0.29, 0.717) is 5.56 Å². The molecule has 2 aromatic rings. The van der Waals surface area contributed by atoms with Gasteiger partial charge < -0.3 is 9.79 Å². The summed E-state index contributed by atoms with van der Waals surface area (Å²) < 4.78 is 10.9. The third kappa shape index (κ3) is 3.53. The van der Waals surface area contributed by atoms with Gasteiger partial charge in [0.1, 0.15) is 0 Å². The van der Waals surface area contributed by atoms with E-state index in [2.05, 4.69) is 0 Å². The van der Waals surface area contributed by atoms with Gasteiger partial charge >= 0.3 is 7.60 Å². The van der Waals surface area contributed by atoms with Gasteiger partial charge in [0, 0.05) is 0 Å². The lowest BCUT2D eigenvalue weighted by molar-refractivity contribution is 0.372. The molecule has 4 heteroatoms. The van der Waals surface area contributed by atoms with Crippen molar-refractivity contribution in [3.05, 3.63) is 60.2 Å². The highest BCUT2D eigenvalue weighted by molar-refractivity contribution is 7.50. The van der Waals surface area contributed by atoms with E-state index in [1.54, 1.807) is 6.07 Å². The van der Waals surface area contributed by atoms with Crippen LogP contribution in [-0.2, 0) is 10.7 Å². The zero-order valence-electron chi connectivity index (χ0n) is 9.15. The van der Waals surface area contributed by atoms with Crippen LogP contribution in [0.25, 0.3) is 11.1 Å². The second-order valence-corrected chi connectivity index (χ2v) is 5.53. The van der Waals surface area contributed by atoms with Crippen LogP contribution in [0.4, 0.5) is 0 Å². The largest absolute Gasteiger partial charge is 0.329 e. The first-order chi connectivity index (χ1) is 8.04. The molecule has 0 spiro atoms. The van der Waals surface area contributed by atoms with Gasteiger partial charge in [-0.1, -0.05) is 54.6 Å². The zero-order chi connectivity index (χ0) is 12.3. The van der Waals surface area contributed by atoms with Crippen molar-refractivity contribution in [3.8, 4) is 11.1 Å². The predicted octanol–water partition coefficient (Wildman–Crippen LogP) is 3.03. The van der Waals surface area contributed by atoms with Gasteiger partial charge in [0.05, 0.1) is 6.16 Å². The molecular formula is C13H13O3P. The molecule has 0 aromatic heterocycles. The van der Waals surface area contributed by atoms with Crippen LogP contribution in [0.3, 0.4) is 0 Å². The van der Waals surface area contributed by atoms with Crippen LogP contribution < -0.4 is 0 Å². The molecule has 0 bridgehead atoms. The highest BCUT2D eigenvalue weighted by Gasteiger charge is 2.13. The van der Waals surface area contributed by atoms with Crippen LogP contribution >= 0.6 is 7.60 Å². The third-order valence-corrected chi connectivity index (χ3v) is 3.20. The topological polar surface area (TPSA) is 57.5 Å². The predicted molar refractivity (Wildman–Crippen MR) is 67.6 cm³/mol. The Bertz CT molecular complexity index is 546. The van der Waals surface area contributed by atoms with E-state index in [1.165, 1.54) is 0 Å². The number of hydrogen-bond donors (Lipinski definition) is 2. The average molecular weight is 248 g/mol. The van der Waals surface area contributed by atoms with E-state index < -0.39 is 7.60 Å². The minimum atomic E-state index is -4.00. The molecule has 0 saturated carbocycles. The molecule has 0 unspecified atom stereocenters. The fourth-order valence-corrected chi connectivity index (χ4v) is 2.39. The van der Waals surface area contributed by atoms with Gasteiger partial charge in [0.2, 0.25) is 0 Å². The highest BCUT2D eigenvalue weighted by atomic mass is 31.2. The Hall–Kier alpha value is -1.41. The van der Waals surface area contributed by atoms with Crippen LogP contribution in [0, 0.1) is 0 Å². The van der Waals surface area contributed by atoms with E-state index in [9.17, 15) is 4.57 Å². The lowest BCUT2D eigenvalue weighted by Crippen LogP contribution is -1.87. The molecule has 0 fully saturated rings. The second-order valence-electron chi connectivity index (χ2n) is 3.89. The van der Waals surface area contributed by atoms with Gasteiger partial charge in [0.25, 0.3) is 0 Å². The minimum absolute atomic E-state index is 0.215. The summed E-state index contributed by atoms with van der Waals surface area (Å²) in [5.41, 5.74) is 2.66. The Morgan fingerprint density at radius 1 is 0.882 bits per heavy atom. The SMILES string of the molecule is O=P(O)(O)Cc1cccc(-c2ccccc2)c1. The average Bonchev–Trinajstić information content (AvgIpc) is 2.28. The fraction of sp³-hybridized carbons (Fsp3) is 0.0769. The zero-order valence-corrected chi connectivity index (χ0v) is 10.0. The summed E-state index contributed by atoms with van der Waals surface area (Å²) >= 11 is 0. The smallest absolute Gasteiger partial charge is 0.324 e. The second kappa shape index (κ2) is 4.84. The fourth-order valence-electron chi connectivity index (χ4n) is 1.72. The lowest BCUT2D eigenvalue weighted by atomic mass is 10.0. The summed E-state index contributed by atoms with van der Waals surface area (Å²) in [7, 11) is -4.00. The van der Waals surface area contributed by atoms with Crippen LogP contribution in [-0.4, -0.2) is 9.79 Å². The third-order valence-electron chi connectivity index (χ3n) is 2.42. The maximum Gasteiger partial charge on any atom is 0.329 e. The van der Waals surface area contributed by atoms with Crippen LogP contribution in [0.2, 0.25) is 0 Å². The van der Waals surface area contributed by atoms with Gasteiger partial charge in [-0.25, -0.2) is 0 Å². The highest BCUT2D eigenvalue weighted by Crippen LogP contribution is 2.39. The summed E-state index contributed by atoms with van der Waals surface area (Å²) in [6, 6.07) is 17.0. The standard InChI is InChI=1S/C13H13O3P/c14-17(15,16)10-11-5-4-8-13(9-11)12-6-2-1-3-7-12/h1-9H,10H2,(H2,14,15,16). The monoisotopic (exact) mass is 248 g/mol. The Morgan fingerprint density at radius 2 is 1.53 bits per heavy atom. The number of benzene rings is 2. The molecule has 0 saturated heterocycles. The first kappa shape index (κ1) is 12.1. The molecule has 0 atom stereocenters. The summed E-state index contributed by atoms with van der Waals surface area (Å²) in [4.78, 5) is 17.9. The molecule has 0 aliphatic rings. The molecule has 0 heterocycles. The molecule has 0 aliphatic heterocycles. The number of hydrogen-bond acceptors (Lipinski definition) is 1. The first-order valence-corrected chi connectivity index (χ1v) is 7.03. The van der Waals surface area contributed by atoms with Gasteiger partial charge in [-0.3, -0.25) is 4.57 Å². The van der Waals surface area contributed by atoms with Crippen molar-refractivity contribution < 1.29 is 14.4 Å². The molecule has 2 rings (SSSR count). The number of rotatable bonds is 3. The summed E-state index contributed by atoms with van der Waals surface area (Å²) in [5, 5.41) is 0. The van der Waals surface area contributed by atoms with Crippen molar-refractivity contribution in [2.24, 2.45) is 0 Å². The first-order valence-electron chi connectivity index (χ1n) is 5.23. The summed E-state index contributed by atoms with van der Waals surface area (Å²) in [6.07, 6.45) is -0.215. The van der Waals surface area contributed by atoms with Crippen molar-refractivity contribution in [2.45, 2.75) is 6.16 Å². The molecule has 88 valence electrons. The molecule has 17 heavy (non-hydrogen) atoms. The molecule has 2 N–H and O–H groups in total. The van der Waals surface area contributed by atoms with Crippen molar-refractivity contribution in [2.75, 3.05) is 0 Å². The van der Waals surface area contributed by atoms with Gasteiger partial charge in [-0.05, 0) is 16.7 Å². The minimum Gasteiger partial charge on any atom is -0.324 e. The van der Waals surface area contributed by atoms with Gasteiger partial charge in [-0.2, -0.15) is 0 Å². The van der Waals surface area contributed by atoms with Gasteiger partial charge in [0.15, 0.2) is 0 Å². The van der Waals surface area contributed by atoms with Crippen molar-refractivity contribution >= 4 is 7.60 Å². The van der Waals surface area contributed by atoms with Crippen LogP contribution in [0.15, 0.2) is 54.6 Å². The van der Waals surface area contributed by atoms with E-state index in [4.69, 9.17) is 9.79 Å². The Morgan fingerprint density at radius 3 is 2.18 bits per heavy atom. The van der Waals surface area contributed by atoms with Crippen molar-refractivity contribution in [1.82, 2.24) is 0 Å². The molecule has 2 aromatic carbocycles. The van der Waals surface area contributed by atoms with E-state index in [-0.39, 0.29) is 6.16 Å². The maximum absolute atomic E-state index is 10.9. The van der Waals surface area contributed by atoms with Crippen LogP contribution in [0.1, 0.15) is 5.56 Å². The van der Waals surface area contributed by atoms with E-state index >= 15 is 0 Å². The maximum atomic E-state index is 10.9. The molecule has 0 amide bonds. The molecule has 0 radical (unpaired) electrons. The summed E-state index contributed by atoms with van der Waals surface area (Å²) in [5.74, 6) is 0. The molecule has 3 nitrogen and oxygen atoms in total.